The molecule has 8 heteroatoms. The minimum absolute atomic E-state index is 0.0697. The molecule has 0 bridgehead atoms. The number of rotatable bonds is 12. The Morgan fingerprint density at radius 1 is 0.913 bits per heavy atom. The highest BCUT2D eigenvalue weighted by Crippen LogP contribution is 2.44. The van der Waals surface area contributed by atoms with Gasteiger partial charge in [-0.15, -0.1) is 11.8 Å². The smallest absolute Gasteiger partial charge is 0.311 e. The fourth-order valence-electron chi connectivity index (χ4n) is 5.32. The van der Waals surface area contributed by atoms with Gasteiger partial charge < -0.3 is 18.8 Å². The van der Waals surface area contributed by atoms with Crippen molar-refractivity contribution in [2.24, 2.45) is 5.41 Å². The summed E-state index contributed by atoms with van der Waals surface area (Å²) in [5.41, 5.74) is 5.41. The third-order valence-electron chi connectivity index (χ3n) is 7.61. The minimum atomic E-state index is -0.725. The number of methoxy groups -OCH3 is 1. The molecular weight excluding hydrogens is 595 g/mol. The average Bonchev–Trinajstić information content (AvgIpc) is 3.30. The van der Waals surface area contributed by atoms with Crippen LogP contribution in [0.1, 0.15) is 58.5 Å². The van der Waals surface area contributed by atoms with Crippen LogP contribution in [0.4, 0.5) is 0 Å². The van der Waals surface area contributed by atoms with Gasteiger partial charge >= 0.3 is 5.97 Å². The molecule has 46 heavy (non-hydrogen) atoms. The Morgan fingerprint density at radius 2 is 1.67 bits per heavy atom. The predicted molar refractivity (Wildman–Crippen MR) is 186 cm³/mol. The fourth-order valence-corrected chi connectivity index (χ4v) is 6.50. The number of esters is 1. The lowest BCUT2D eigenvalue weighted by Crippen LogP contribution is -2.30. The van der Waals surface area contributed by atoms with Gasteiger partial charge in [0.15, 0.2) is 0 Å². The molecule has 0 atom stereocenters. The van der Waals surface area contributed by atoms with Crippen LogP contribution in [0.5, 0.6) is 11.5 Å². The Kier molecular flexibility index (Phi) is 10.1. The van der Waals surface area contributed by atoms with Crippen LogP contribution in [0.2, 0.25) is 0 Å². The number of pyridine rings is 2. The number of hydrogen-bond acceptors (Lipinski definition) is 7. The monoisotopic (exact) mass is 637 g/mol. The Balaban J connectivity index is 1.58. The molecule has 0 fully saturated rings. The van der Waals surface area contributed by atoms with E-state index in [9.17, 15) is 4.79 Å². The van der Waals surface area contributed by atoms with Crippen molar-refractivity contribution in [1.82, 2.24) is 14.5 Å². The lowest BCUT2D eigenvalue weighted by atomic mass is 9.87. The summed E-state index contributed by atoms with van der Waals surface area (Å²) in [4.78, 5) is 23.3. The Hall–Kier alpha value is -4.30. The second-order valence-electron chi connectivity index (χ2n) is 12.9. The van der Waals surface area contributed by atoms with E-state index in [0.29, 0.717) is 26.2 Å². The largest absolute Gasteiger partial charge is 0.495 e. The number of nitrogens with zero attached hydrogens (tertiary/aromatic N) is 3. The van der Waals surface area contributed by atoms with Crippen molar-refractivity contribution >= 4 is 28.6 Å². The van der Waals surface area contributed by atoms with Gasteiger partial charge in [0.25, 0.3) is 0 Å². The molecule has 0 amide bonds. The highest BCUT2D eigenvalue weighted by atomic mass is 32.2. The van der Waals surface area contributed by atoms with Crippen LogP contribution >= 0.6 is 11.8 Å². The SMILES string of the molecule is CCOC(=O)C(C)(C)Cc1c(SC(C)(C)C)c2cc(OCc3ccccn3)ccc2n1Cc1ccc(-c2ccc(OC)cn2)cc1. The molecule has 3 aromatic heterocycles. The van der Waals surface area contributed by atoms with Crippen molar-refractivity contribution in [3.63, 3.8) is 0 Å². The van der Waals surface area contributed by atoms with Crippen molar-refractivity contribution in [2.75, 3.05) is 13.7 Å². The van der Waals surface area contributed by atoms with Crippen LogP contribution < -0.4 is 9.47 Å². The molecular formula is C38H43N3O4S. The molecule has 7 nitrogen and oxygen atoms in total. The lowest BCUT2D eigenvalue weighted by molar-refractivity contribution is -0.153. The topological polar surface area (TPSA) is 75.5 Å². The van der Waals surface area contributed by atoms with Gasteiger partial charge in [-0.2, -0.15) is 0 Å². The number of carbonyl (C=O) groups is 1. The van der Waals surface area contributed by atoms with Crippen molar-refractivity contribution < 1.29 is 19.0 Å². The first-order valence-corrected chi connectivity index (χ1v) is 16.4. The summed E-state index contributed by atoms with van der Waals surface area (Å²) in [5.74, 6) is 1.31. The molecule has 0 saturated heterocycles. The van der Waals surface area contributed by atoms with E-state index in [2.05, 4.69) is 71.7 Å². The summed E-state index contributed by atoms with van der Waals surface area (Å²) in [6, 6.07) is 24.5. The van der Waals surface area contributed by atoms with E-state index >= 15 is 0 Å². The average molecular weight is 638 g/mol. The molecule has 0 spiro atoms. The molecule has 0 aliphatic heterocycles. The number of benzene rings is 2. The Labute approximate surface area is 276 Å². The van der Waals surface area contributed by atoms with Crippen LogP contribution in [0.25, 0.3) is 22.2 Å². The molecule has 5 aromatic rings. The maximum atomic E-state index is 13.2. The van der Waals surface area contributed by atoms with E-state index in [0.717, 1.165) is 55.5 Å². The van der Waals surface area contributed by atoms with Gasteiger partial charge in [0, 0.05) is 51.0 Å². The van der Waals surface area contributed by atoms with Crippen molar-refractivity contribution in [2.45, 2.75) is 70.8 Å². The number of fused-ring (bicyclic) bond motifs is 1. The number of ether oxygens (including phenoxy) is 3. The summed E-state index contributed by atoms with van der Waals surface area (Å²) >= 11 is 1.82. The highest BCUT2D eigenvalue weighted by molar-refractivity contribution is 8.00. The van der Waals surface area contributed by atoms with E-state index < -0.39 is 5.41 Å². The van der Waals surface area contributed by atoms with E-state index in [-0.39, 0.29) is 10.7 Å². The standard InChI is InChI=1S/C38H43N3O4S/c1-8-44-36(42)38(5,6)22-34-35(46-37(2,3)4)31-21-29(45-25-28-11-9-10-20-39-28)17-19-33(31)41(34)24-26-12-14-27(15-13-26)32-18-16-30(43-7)23-40-32/h9-21,23H,8,22,24-25H2,1-7H3. The molecule has 240 valence electrons. The maximum Gasteiger partial charge on any atom is 0.311 e. The second kappa shape index (κ2) is 14.0. The summed E-state index contributed by atoms with van der Waals surface area (Å²) in [7, 11) is 1.64. The third kappa shape index (κ3) is 7.91. The van der Waals surface area contributed by atoms with Gasteiger partial charge in [-0.3, -0.25) is 14.8 Å². The summed E-state index contributed by atoms with van der Waals surface area (Å²) in [6.07, 6.45) is 4.03. The van der Waals surface area contributed by atoms with Gasteiger partial charge in [-0.1, -0.05) is 51.1 Å². The van der Waals surface area contributed by atoms with Gasteiger partial charge in [-0.05, 0) is 68.8 Å². The number of thioether (sulfide) groups is 1. The van der Waals surface area contributed by atoms with Crippen molar-refractivity contribution in [1.29, 1.82) is 0 Å². The van der Waals surface area contributed by atoms with Crippen LogP contribution in [0.15, 0.2) is 90.1 Å². The predicted octanol–water partition coefficient (Wildman–Crippen LogP) is 8.76. The van der Waals surface area contributed by atoms with Crippen LogP contribution in [0.3, 0.4) is 0 Å². The molecule has 3 heterocycles. The zero-order chi connectivity index (χ0) is 32.9. The summed E-state index contributed by atoms with van der Waals surface area (Å²) in [5, 5.41) is 1.10. The van der Waals surface area contributed by atoms with Crippen LogP contribution in [0, 0.1) is 5.41 Å². The van der Waals surface area contributed by atoms with E-state index in [4.69, 9.17) is 14.2 Å². The maximum absolute atomic E-state index is 13.2. The molecule has 0 aliphatic carbocycles. The molecule has 2 aromatic carbocycles. The van der Waals surface area contributed by atoms with Crippen LogP contribution in [-0.2, 0) is 29.1 Å². The zero-order valence-electron chi connectivity index (χ0n) is 27.8. The lowest BCUT2D eigenvalue weighted by Gasteiger charge is -2.26. The molecule has 0 N–H and O–H groups in total. The molecule has 0 aliphatic rings. The zero-order valence-corrected chi connectivity index (χ0v) is 28.6. The number of hydrogen-bond donors (Lipinski definition) is 0. The quantitative estimate of drug-likeness (QED) is 0.100. The number of aromatic nitrogens is 3. The van der Waals surface area contributed by atoms with E-state index in [1.165, 1.54) is 0 Å². The highest BCUT2D eigenvalue weighted by Gasteiger charge is 2.34. The summed E-state index contributed by atoms with van der Waals surface area (Å²) < 4.78 is 19.3. The Bertz CT molecular complexity index is 1770. The van der Waals surface area contributed by atoms with Gasteiger partial charge in [0.2, 0.25) is 0 Å². The molecule has 0 radical (unpaired) electrons. The fraction of sp³-hybridized carbons (Fsp3) is 0.342. The van der Waals surface area contributed by atoms with Gasteiger partial charge in [0.1, 0.15) is 18.1 Å². The first-order chi connectivity index (χ1) is 22.0. The van der Waals surface area contributed by atoms with E-state index in [1.54, 1.807) is 19.5 Å². The minimum Gasteiger partial charge on any atom is -0.495 e. The van der Waals surface area contributed by atoms with E-state index in [1.807, 2.05) is 68.9 Å². The first-order valence-electron chi connectivity index (χ1n) is 15.6. The van der Waals surface area contributed by atoms with Gasteiger partial charge in [-0.25, -0.2) is 0 Å². The normalized spacial score (nSPS) is 11.9. The van der Waals surface area contributed by atoms with Crippen molar-refractivity contribution in [3.05, 3.63) is 102 Å². The molecule has 5 rings (SSSR count). The Morgan fingerprint density at radius 3 is 2.30 bits per heavy atom. The van der Waals surface area contributed by atoms with Crippen molar-refractivity contribution in [3.8, 4) is 22.8 Å². The number of carbonyl (C=O) groups excluding carboxylic acids is 1. The second-order valence-corrected chi connectivity index (χ2v) is 14.8. The van der Waals surface area contributed by atoms with Crippen LogP contribution in [-0.4, -0.2) is 39.0 Å². The first kappa shape index (κ1) is 33.1. The van der Waals surface area contributed by atoms with Gasteiger partial charge in [0.05, 0.1) is 36.7 Å². The molecule has 0 unspecified atom stereocenters. The summed E-state index contributed by atoms with van der Waals surface area (Å²) in [6.45, 7) is 13.8. The third-order valence-corrected chi connectivity index (χ3v) is 8.88. The molecule has 0 saturated carbocycles.